The number of benzene rings is 2. The van der Waals surface area contributed by atoms with Gasteiger partial charge in [0.05, 0.1) is 0 Å². The Morgan fingerprint density at radius 1 is 1.15 bits per heavy atom. The molecule has 0 radical (unpaired) electrons. The lowest BCUT2D eigenvalue weighted by Gasteiger charge is -2.35. The molecule has 0 unspecified atom stereocenters. The van der Waals surface area contributed by atoms with Crippen molar-refractivity contribution in [1.82, 2.24) is 4.90 Å². The minimum absolute atomic E-state index is 0.489. The molecule has 0 N–H and O–H groups in total. The highest BCUT2D eigenvalue weighted by Gasteiger charge is 2.29. The molecule has 0 aliphatic carbocycles. The van der Waals surface area contributed by atoms with Gasteiger partial charge in [-0.1, -0.05) is 37.3 Å². The largest absolute Gasteiger partial charge is 0.461 e. The highest BCUT2D eigenvalue weighted by molar-refractivity contribution is 5.88. The van der Waals surface area contributed by atoms with Gasteiger partial charge in [0.2, 0.25) is 0 Å². The first-order valence-electron chi connectivity index (χ1n) is 7.31. The third-order valence-corrected chi connectivity index (χ3v) is 4.45. The van der Waals surface area contributed by atoms with Crippen LogP contribution >= 0.6 is 0 Å². The quantitative estimate of drug-likeness (QED) is 0.721. The van der Waals surface area contributed by atoms with Gasteiger partial charge >= 0.3 is 0 Å². The smallest absolute Gasteiger partial charge is 0.131 e. The Hall–Kier alpha value is -1.80. The Morgan fingerprint density at radius 2 is 2.00 bits per heavy atom. The molecule has 0 saturated carbocycles. The minimum Gasteiger partial charge on any atom is -0.461 e. The molecule has 2 aliphatic heterocycles. The number of hydrogen-bond acceptors (Lipinski definition) is 2. The maximum absolute atomic E-state index is 6.26. The number of nitrogens with zero attached hydrogens (tertiary/aromatic N) is 1. The van der Waals surface area contributed by atoms with E-state index in [1.807, 2.05) is 0 Å². The molecule has 2 heterocycles. The summed E-state index contributed by atoms with van der Waals surface area (Å²) in [6, 6.07) is 12.9. The summed E-state index contributed by atoms with van der Waals surface area (Å²) in [4.78, 5) is 2.39. The van der Waals surface area contributed by atoms with Crippen molar-refractivity contribution >= 4 is 10.8 Å². The lowest BCUT2D eigenvalue weighted by atomic mass is 9.89. The van der Waals surface area contributed by atoms with E-state index in [9.17, 15) is 0 Å². The molecule has 2 aromatic carbocycles. The summed E-state index contributed by atoms with van der Waals surface area (Å²) in [5.41, 5.74) is 2.81. The van der Waals surface area contributed by atoms with E-state index in [1.165, 1.54) is 27.7 Å². The van der Waals surface area contributed by atoms with Crippen molar-refractivity contribution in [2.24, 2.45) is 5.92 Å². The molecule has 2 heteroatoms. The predicted octanol–water partition coefficient (Wildman–Crippen LogP) is 3.61. The van der Waals surface area contributed by atoms with Crippen LogP contribution in [0.1, 0.15) is 12.5 Å². The van der Waals surface area contributed by atoms with E-state index in [2.05, 4.69) is 55.3 Å². The first-order valence-corrected chi connectivity index (χ1v) is 7.31. The third kappa shape index (κ3) is 1.75. The second-order valence-electron chi connectivity index (χ2n) is 6.11. The van der Waals surface area contributed by atoms with Gasteiger partial charge in [0.1, 0.15) is 11.5 Å². The summed E-state index contributed by atoms with van der Waals surface area (Å²) in [5.74, 6) is 2.76. The van der Waals surface area contributed by atoms with E-state index >= 15 is 0 Å². The van der Waals surface area contributed by atoms with Crippen molar-refractivity contribution in [3.05, 3.63) is 53.3 Å². The van der Waals surface area contributed by atoms with Crippen LogP contribution in [0.15, 0.2) is 47.7 Å². The Balaban J connectivity index is 1.85. The Labute approximate surface area is 119 Å². The van der Waals surface area contributed by atoms with Gasteiger partial charge in [-0.3, -0.25) is 0 Å². The Bertz CT molecular complexity index is 716. The van der Waals surface area contributed by atoms with Crippen molar-refractivity contribution in [2.45, 2.75) is 13.3 Å². The van der Waals surface area contributed by atoms with Gasteiger partial charge in [-0.15, -0.1) is 0 Å². The first-order chi connectivity index (χ1) is 9.72. The van der Waals surface area contributed by atoms with Crippen LogP contribution in [0.5, 0.6) is 5.75 Å². The van der Waals surface area contributed by atoms with Crippen LogP contribution in [-0.2, 0) is 6.42 Å². The maximum atomic E-state index is 6.26. The van der Waals surface area contributed by atoms with Gasteiger partial charge in [0.25, 0.3) is 0 Å². The van der Waals surface area contributed by atoms with E-state index < -0.39 is 0 Å². The van der Waals surface area contributed by atoms with E-state index in [-0.39, 0.29) is 0 Å². The average molecular weight is 265 g/mol. The molecule has 0 aromatic heterocycles. The summed E-state index contributed by atoms with van der Waals surface area (Å²) in [6.45, 7) is 4.38. The molecule has 4 rings (SSSR count). The number of fused-ring (bicyclic) bond motifs is 3. The normalized spacial score (nSPS) is 22.4. The standard InChI is InChI=1S/C18H19NO/c1-12-10-19(2)11-14-9-16-15-6-4-3-5-13(15)7-8-17(16)20-18(12)14/h3-8,12H,9-11H2,1-2H3/t12-/m0/s1. The predicted molar refractivity (Wildman–Crippen MR) is 82.0 cm³/mol. The van der Waals surface area contributed by atoms with Crippen molar-refractivity contribution in [1.29, 1.82) is 0 Å². The van der Waals surface area contributed by atoms with Crippen LogP contribution in [0.2, 0.25) is 0 Å². The maximum Gasteiger partial charge on any atom is 0.131 e. The second-order valence-corrected chi connectivity index (χ2v) is 6.11. The molecule has 2 nitrogen and oxygen atoms in total. The van der Waals surface area contributed by atoms with Gasteiger partial charge in [0, 0.05) is 31.0 Å². The van der Waals surface area contributed by atoms with E-state index in [4.69, 9.17) is 4.74 Å². The van der Waals surface area contributed by atoms with Gasteiger partial charge in [0.15, 0.2) is 0 Å². The molecule has 1 atom stereocenters. The summed E-state index contributed by atoms with van der Waals surface area (Å²) in [5, 5.41) is 2.63. The van der Waals surface area contributed by atoms with Crippen molar-refractivity contribution in [3.8, 4) is 5.75 Å². The van der Waals surface area contributed by atoms with Crippen LogP contribution < -0.4 is 4.74 Å². The molecule has 2 aliphatic rings. The fourth-order valence-corrected chi connectivity index (χ4v) is 3.61. The number of likely N-dealkylation sites (N-methyl/N-ethyl adjacent to an activating group) is 1. The Morgan fingerprint density at radius 3 is 2.90 bits per heavy atom. The van der Waals surface area contributed by atoms with Crippen LogP contribution in [0.3, 0.4) is 0 Å². The van der Waals surface area contributed by atoms with Gasteiger partial charge in [-0.05, 0) is 29.5 Å². The number of hydrogen-bond donors (Lipinski definition) is 0. The molecule has 2 aromatic rings. The van der Waals surface area contributed by atoms with Crippen LogP contribution in [-0.4, -0.2) is 25.0 Å². The summed E-state index contributed by atoms with van der Waals surface area (Å²) < 4.78 is 6.26. The molecular weight excluding hydrogens is 246 g/mol. The second kappa shape index (κ2) is 4.35. The van der Waals surface area contributed by atoms with E-state index in [0.29, 0.717) is 5.92 Å². The molecule has 0 bridgehead atoms. The fourth-order valence-electron chi connectivity index (χ4n) is 3.61. The van der Waals surface area contributed by atoms with Gasteiger partial charge in [-0.2, -0.15) is 0 Å². The first kappa shape index (κ1) is 12.0. The lowest BCUT2D eigenvalue weighted by Crippen LogP contribution is -2.36. The Kier molecular flexibility index (Phi) is 2.61. The van der Waals surface area contributed by atoms with E-state index in [1.54, 1.807) is 0 Å². The molecular formula is C18H19NO. The van der Waals surface area contributed by atoms with Crippen LogP contribution in [0.25, 0.3) is 10.8 Å². The molecule has 102 valence electrons. The molecule has 0 amide bonds. The summed E-state index contributed by atoms with van der Waals surface area (Å²) >= 11 is 0. The zero-order valence-corrected chi connectivity index (χ0v) is 12.0. The van der Waals surface area contributed by atoms with E-state index in [0.717, 1.165) is 25.3 Å². The zero-order chi connectivity index (χ0) is 13.7. The molecule has 0 fully saturated rings. The monoisotopic (exact) mass is 265 g/mol. The summed E-state index contributed by atoms with van der Waals surface area (Å²) in [6.07, 6.45) is 1.03. The third-order valence-electron chi connectivity index (χ3n) is 4.45. The lowest BCUT2D eigenvalue weighted by molar-refractivity contribution is 0.229. The molecule has 0 spiro atoms. The average Bonchev–Trinajstić information content (AvgIpc) is 2.45. The van der Waals surface area contributed by atoms with Gasteiger partial charge in [-0.25, -0.2) is 0 Å². The molecule has 20 heavy (non-hydrogen) atoms. The summed E-state index contributed by atoms with van der Waals surface area (Å²) in [7, 11) is 2.19. The zero-order valence-electron chi connectivity index (χ0n) is 12.0. The van der Waals surface area contributed by atoms with Crippen molar-refractivity contribution in [2.75, 3.05) is 20.1 Å². The van der Waals surface area contributed by atoms with Crippen molar-refractivity contribution in [3.63, 3.8) is 0 Å². The van der Waals surface area contributed by atoms with Crippen LogP contribution in [0.4, 0.5) is 0 Å². The minimum atomic E-state index is 0.489. The highest BCUT2D eigenvalue weighted by atomic mass is 16.5. The van der Waals surface area contributed by atoms with Crippen molar-refractivity contribution < 1.29 is 4.74 Å². The molecule has 0 saturated heterocycles. The fraction of sp³-hybridized carbons (Fsp3) is 0.333. The highest BCUT2D eigenvalue weighted by Crippen LogP contribution is 2.39. The number of ether oxygens (including phenoxy) is 1. The SMILES string of the molecule is C[C@H]1CN(C)CC2=C1Oc1ccc3ccccc3c1C2. The van der Waals surface area contributed by atoms with Gasteiger partial charge < -0.3 is 9.64 Å². The van der Waals surface area contributed by atoms with Crippen LogP contribution in [0, 0.1) is 5.92 Å². The number of rotatable bonds is 0. The topological polar surface area (TPSA) is 12.5 Å².